The Hall–Kier alpha value is -0.870. The number of rotatable bonds is 2. The van der Waals surface area contributed by atoms with Crippen LogP contribution in [-0.2, 0) is 0 Å². The van der Waals surface area contributed by atoms with Gasteiger partial charge in [0, 0.05) is 6.20 Å². The highest BCUT2D eigenvalue weighted by atomic mass is 35.5. The van der Waals surface area contributed by atoms with Gasteiger partial charge in [-0.1, -0.05) is 18.5 Å². The predicted molar refractivity (Wildman–Crippen MR) is 56.7 cm³/mol. The van der Waals surface area contributed by atoms with Gasteiger partial charge in [-0.2, -0.15) is 0 Å². The highest BCUT2D eigenvalue weighted by Gasteiger charge is 2.41. The first kappa shape index (κ1) is 10.6. The number of aliphatic hydroxyl groups is 1. The number of hydrogen-bond donors (Lipinski definition) is 1. The van der Waals surface area contributed by atoms with Crippen molar-refractivity contribution in [3.05, 3.63) is 23.1 Å². The molecule has 1 saturated heterocycles. The van der Waals surface area contributed by atoms with Crippen LogP contribution in [0, 0.1) is 5.82 Å². The number of hydrogen-bond acceptors (Lipinski definition) is 3. The molecule has 3 nitrogen and oxygen atoms in total. The Labute approximate surface area is 92.5 Å². The third-order valence-corrected chi connectivity index (χ3v) is 2.92. The fourth-order valence-electron chi connectivity index (χ4n) is 1.68. The Bertz CT molecular complexity index is 380. The number of nitrogens with zero attached hydrogens (tertiary/aromatic N) is 2. The summed E-state index contributed by atoms with van der Waals surface area (Å²) in [4.78, 5) is 5.61. The second kappa shape index (κ2) is 3.61. The summed E-state index contributed by atoms with van der Waals surface area (Å²) in [5.74, 6) is -0.182. The van der Waals surface area contributed by atoms with E-state index in [2.05, 4.69) is 4.98 Å². The summed E-state index contributed by atoms with van der Waals surface area (Å²) in [7, 11) is 0. The molecule has 1 aliphatic rings. The van der Waals surface area contributed by atoms with Crippen LogP contribution in [-0.4, -0.2) is 28.8 Å². The molecular formula is C10H12ClFN2O. The van der Waals surface area contributed by atoms with Crippen molar-refractivity contribution in [3.63, 3.8) is 0 Å². The van der Waals surface area contributed by atoms with E-state index in [0.717, 1.165) is 0 Å². The lowest BCUT2D eigenvalue weighted by Gasteiger charge is -2.46. The Morgan fingerprint density at radius 2 is 2.33 bits per heavy atom. The summed E-state index contributed by atoms with van der Waals surface area (Å²) in [5, 5.41) is 10.1. The van der Waals surface area contributed by atoms with Crippen molar-refractivity contribution in [2.24, 2.45) is 0 Å². The van der Waals surface area contributed by atoms with Crippen molar-refractivity contribution >= 4 is 17.4 Å². The van der Waals surface area contributed by atoms with Gasteiger partial charge in [0.25, 0.3) is 0 Å². The number of anilines is 1. The van der Waals surface area contributed by atoms with E-state index < -0.39 is 11.4 Å². The molecule has 2 rings (SSSR count). The summed E-state index contributed by atoms with van der Waals surface area (Å²) < 4.78 is 13.4. The average Bonchev–Trinajstić information content (AvgIpc) is 2.14. The minimum atomic E-state index is -0.687. The van der Waals surface area contributed by atoms with Gasteiger partial charge in [-0.05, 0) is 12.5 Å². The summed E-state index contributed by atoms with van der Waals surface area (Å²) in [5.41, 5.74) is -0.687. The molecule has 0 aromatic carbocycles. The molecule has 0 spiro atoms. The molecule has 2 heterocycles. The molecule has 0 saturated carbocycles. The third-order valence-electron chi connectivity index (χ3n) is 2.72. The van der Waals surface area contributed by atoms with Crippen LogP contribution in [0.3, 0.4) is 0 Å². The second-order valence-electron chi connectivity index (χ2n) is 3.89. The Morgan fingerprint density at radius 1 is 1.67 bits per heavy atom. The van der Waals surface area contributed by atoms with E-state index in [1.165, 1.54) is 12.3 Å². The first-order valence-corrected chi connectivity index (χ1v) is 5.20. The summed E-state index contributed by atoms with van der Waals surface area (Å²) in [6.07, 6.45) is 2.07. The van der Waals surface area contributed by atoms with Crippen LogP contribution in [0.15, 0.2) is 12.3 Å². The second-order valence-corrected chi connectivity index (χ2v) is 4.33. The topological polar surface area (TPSA) is 36.4 Å². The molecule has 82 valence electrons. The van der Waals surface area contributed by atoms with Gasteiger partial charge in [0.15, 0.2) is 11.6 Å². The molecule has 0 bridgehead atoms. The minimum absolute atomic E-state index is 0.262. The molecule has 1 N–H and O–H groups in total. The minimum Gasteiger partial charge on any atom is -0.386 e. The van der Waals surface area contributed by atoms with Crippen molar-refractivity contribution in [3.8, 4) is 0 Å². The van der Waals surface area contributed by atoms with Crippen molar-refractivity contribution in [1.82, 2.24) is 4.98 Å². The molecule has 5 heteroatoms. The standard InChI is InChI=1S/C10H12ClFN2O/c1-2-10(15)5-14(6-10)9-8(12)3-7(11)4-13-9/h3-4,15H,2,5-6H2,1H3. The van der Waals surface area contributed by atoms with Crippen LogP contribution in [0.1, 0.15) is 13.3 Å². The van der Waals surface area contributed by atoms with Gasteiger partial charge in [0.1, 0.15) is 0 Å². The lowest BCUT2D eigenvalue weighted by atomic mass is 9.91. The largest absolute Gasteiger partial charge is 0.386 e. The first-order valence-electron chi connectivity index (χ1n) is 4.82. The fraction of sp³-hybridized carbons (Fsp3) is 0.500. The summed E-state index contributed by atoms with van der Waals surface area (Å²) in [6.45, 7) is 2.76. The molecule has 1 aromatic rings. The molecule has 0 amide bonds. The Kier molecular flexibility index (Phi) is 2.56. The smallest absolute Gasteiger partial charge is 0.167 e. The normalized spacial score (nSPS) is 18.8. The van der Waals surface area contributed by atoms with Gasteiger partial charge in [0.2, 0.25) is 0 Å². The van der Waals surface area contributed by atoms with E-state index in [1.807, 2.05) is 6.92 Å². The lowest BCUT2D eigenvalue weighted by Crippen LogP contribution is -2.62. The van der Waals surface area contributed by atoms with Crippen molar-refractivity contribution in [2.45, 2.75) is 18.9 Å². The van der Waals surface area contributed by atoms with Crippen LogP contribution >= 0.6 is 11.6 Å². The highest BCUT2D eigenvalue weighted by molar-refractivity contribution is 6.30. The lowest BCUT2D eigenvalue weighted by molar-refractivity contribution is 0.00769. The van der Waals surface area contributed by atoms with Crippen LogP contribution in [0.4, 0.5) is 10.2 Å². The Morgan fingerprint density at radius 3 is 2.87 bits per heavy atom. The van der Waals surface area contributed by atoms with E-state index in [-0.39, 0.29) is 10.8 Å². The SMILES string of the molecule is CCC1(O)CN(c2ncc(Cl)cc2F)C1. The quantitative estimate of drug-likeness (QED) is 0.842. The zero-order valence-electron chi connectivity index (χ0n) is 8.37. The van der Waals surface area contributed by atoms with Gasteiger partial charge < -0.3 is 10.0 Å². The average molecular weight is 231 g/mol. The maximum absolute atomic E-state index is 13.4. The Balaban J connectivity index is 2.13. The van der Waals surface area contributed by atoms with Gasteiger partial charge in [-0.25, -0.2) is 9.37 Å². The van der Waals surface area contributed by atoms with E-state index >= 15 is 0 Å². The maximum Gasteiger partial charge on any atom is 0.167 e. The molecular weight excluding hydrogens is 219 g/mol. The molecule has 0 atom stereocenters. The maximum atomic E-state index is 13.4. The van der Waals surface area contributed by atoms with Crippen LogP contribution in [0.25, 0.3) is 0 Å². The van der Waals surface area contributed by atoms with E-state index in [1.54, 1.807) is 4.90 Å². The van der Waals surface area contributed by atoms with E-state index in [9.17, 15) is 9.50 Å². The zero-order valence-corrected chi connectivity index (χ0v) is 9.13. The molecule has 1 aliphatic heterocycles. The first-order chi connectivity index (χ1) is 7.04. The molecule has 1 fully saturated rings. The third kappa shape index (κ3) is 1.92. The summed E-state index contributed by atoms with van der Waals surface area (Å²) in [6, 6.07) is 1.23. The highest BCUT2D eigenvalue weighted by Crippen LogP contribution is 2.30. The van der Waals surface area contributed by atoms with Crippen molar-refractivity contribution in [2.75, 3.05) is 18.0 Å². The van der Waals surface area contributed by atoms with Crippen molar-refractivity contribution < 1.29 is 9.50 Å². The van der Waals surface area contributed by atoms with Gasteiger partial charge in [0.05, 0.1) is 23.7 Å². The molecule has 0 radical (unpaired) electrons. The van der Waals surface area contributed by atoms with E-state index in [0.29, 0.717) is 19.5 Å². The monoisotopic (exact) mass is 230 g/mol. The molecule has 15 heavy (non-hydrogen) atoms. The molecule has 0 aliphatic carbocycles. The predicted octanol–water partition coefficient (Wildman–Crippen LogP) is 1.84. The van der Waals surface area contributed by atoms with Crippen LogP contribution < -0.4 is 4.90 Å². The number of aromatic nitrogens is 1. The molecule has 0 unspecified atom stereocenters. The zero-order chi connectivity index (χ0) is 11.1. The van der Waals surface area contributed by atoms with Crippen molar-refractivity contribution in [1.29, 1.82) is 0 Å². The summed E-state index contributed by atoms with van der Waals surface area (Å²) >= 11 is 5.60. The number of halogens is 2. The van der Waals surface area contributed by atoms with Crippen LogP contribution in [0.5, 0.6) is 0 Å². The number of pyridine rings is 1. The van der Waals surface area contributed by atoms with Gasteiger partial charge in [-0.15, -0.1) is 0 Å². The van der Waals surface area contributed by atoms with Gasteiger partial charge in [-0.3, -0.25) is 0 Å². The fourth-order valence-corrected chi connectivity index (χ4v) is 1.82. The van der Waals surface area contributed by atoms with E-state index in [4.69, 9.17) is 11.6 Å². The number of β-amino-alcohol motifs (C(OH)–C–C–N with tert-alkyl or cyclic N) is 1. The van der Waals surface area contributed by atoms with Crippen LogP contribution in [0.2, 0.25) is 5.02 Å². The molecule has 1 aromatic heterocycles. The van der Waals surface area contributed by atoms with Gasteiger partial charge >= 0.3 is 0 Å².